The minimum atomic E-state index is -0.741. The van der Waals surface area contributed by atoms with E-state index in [-0.39, 0.29) is 29.4 Å². The van der Waals surface area contributed by atoms with Gasteiger partial charge < -0.3 is 19.9 Å². The molecule has 1 unspecified atom stereocenters. The van der Waals surface area contributed by atoms with Crippen molar-refractivity contribution in [3.8, 4) is 11.8 Å². The van der Waals surface area contributed by atoms with Crippen LogP contribution in [0.2, 0.25) is 0 Å². The second-order valence-corrected chi connectivity index (χ2v) is 7.00. The summed E-state index contributed by atoms with van der Waals surface area (Å²) >= 11 is 1.29. The Morgan fingerprint density at radius 2 is 1.97 bits per heavy atom. The predicted octanol–water partition coefficient (Wildman–Crippen LogP) is 3.61. The quantitative estimate of drug-likeness (QED) is 0.592. The van der Waals surface area contributed by atoms with Crippen LogP contribution in [-0.4, -0.2) is 18.5 Å². The van der Waals surface area contributed by atoms with Crippen molar-refractivity contribution in [2.24, 2.45) is 5.73 Å². The number of nitrogens with two attached hydrogens (primary N) is 1. The van der Waals surface area contributed by atoms with Crippen LogP contribution in [0.15, 0.2) is 64.6 Å². The van der Waals surface area contributed by atoms with Crippen molar-refractivity contribution in [3.05, 3.63) is 75.0 Å². The van der Waals surface area contributed by atoms with Gasteiger partial charge in [-0.25, -0.2) is 9.59 Å². The molecular formula is C21H18N2O5S. The number of carbonyl (C=O) groups is 2. The van der Waals surface area contributed by atoms with E-state index in [0.29, 0.717) is 16.2 Å². The Balaban J connectivity index is 1.93. The van der Waals surface area contributed by atoms with Crippen LogP contribution < -0.4 is 10.5 Å². The average Bonchev–Trinajstić information content (AvgIpc) is 3.23. The smallest absolute Gasteiger partial charge is 0.353 e. The molecule has 0 radical (unpaired) electrons. The number of hydrogen-bond donors (Lipinski definition) is 1. The summed E-state index contributed by atoms with van der Waals surface area (Å²) in [6, 6.07) is 12.0. The molecule has 1 aliphatic heterocycles. The number of nitrogens with zero attached hydrogens (tertiary/aromatic N) is 1. The third kappa shape index (κ3) is 4.15. The monoisotopic (exact) mass is 410 g/mol. The number of rotatable bonds is 5. The zero-order valence-corrected chi connectivity index (χ0v) is 16.6. The first-order chi connectivity index (χ1) is 14.0. The molecule has 1 aromatic heterocycles. The zero-order chi connectivity index (χ0) is 21.0. The molecule has 29 heavy (non-hydrogen) atoms. The molecule has 0 aliphatic carbocycles. The van der Waals surface area contributed by atoms with Crippen LogP contribution in [0.3, 0.4) is 0 Å². The SMILES string of the molecule is CCOC(=O)C1=C(C)OC(N)=C(C#N)C1c1ccc(OC(=O)c2cccs2)cc1. The van der Waals surface area contributed by atoms with Crippen molar-refractivity contribution >= 4 is 23.3 Å². The lowest BCUT2D eigenvalue weighted by atomic mass is 9.83. The fourth-order valence-electron chi connectivity index (χ4n) is 2.97. The van der Waals surface area contributed by atoms with Crippen molar-refractivity contribution < 1.29 is 23.8 Å². The van der Waals surface area contributed by atoms with Crippen molar-refractivity contribution in [1.82, 2.24) is 0 Å². The molecule has 0 spiro atoms. The molecular weight excluding hydrogens is 392 g/mol. The maximum Gasteiger partial charge on any atom is 0.353 e. The van der Waals surface area contributed by atoms with Gasteiger partial charge in [0, 0.05) is 0 Å². The fourth-order valence-corrected chi connectivity index (χ4v) is 3.57. The summed E-state index contributed by atoms with van der Waals surface area (Å²) in [6.45, 7) is 3.47. The normalized spacial score (nSPS) is 16.1. The zero-order valence-electron chi connectivity index (χ0n) is 15.8. The fraction of sp³-hybridized carbons (Fsp3) is 0.190. The number of carbonyl (C=O) groups excluding carboxylic acids is 2. The van der Waals surface area contributed by atoms with Gasteiger partial charge in [-0.05, 0) is 43.0 Å². The van der Waals surface area contributed by atoms with E-state index in [1.807, 2.05) is 6.07 Å². The Morgan fingerprint density at radius 1 is 1.24 bits per heavy atom. The van der Waals surface area contributed by atoms with Gasteiger partial charge in [-0.3, -0.25) is 0 Å². The van der Waals surface area contributed by atoms with Gasteiger partial charge >= 0.3 is 11.9 Å². The third-order valence-corrected chi connectivity index (χ3v) is 5.10. The van der Waals surface area contributed by atoms with E-state index in [1.54, 1.807) is 55.6 Å². The minimum Gasteiger partial charge on any atom is -0.463 e. The van der Waals surface area contributed by atoms with Gasteiger partial charge in [0.2, 0.25) is 5.88 Å². The van der Waals surface area contributed by atoms with E-state index >= 15 is 0 Å². The summed E-state index contributed by atoms with van der Waals surface area (Å²) in [5.74, 6) is -1.22. The lowest BCUT2D eigenvalue weighted by molar-refractivity contribution is -0.139. The average molecular weight is 410 g/mol. The summed E-state index contributed by atoms with van der Waals surface area (Å²) < 4.78 is 15.9. The first-order valence-electron chi connectivity index (χ1n) is 8.77. The Bertz CT molecular complexity index is 1030. The highest BCUT2D eigenvalue weighted by atomic mass is 32.1. The number of esters is 2. The van der Waals surface area contributed by atoms with E-state index in [4.69, 9.17) is 19.9 Å². The van der Waals surface area contributed by atoms with Crippen molar-refractivity contribution in [2.45, 2.75) is 19.8 Å². The molecule has 0 bridgehead atoms. The Labute approximate surface area is 171 Å². The van der Waals surface area contributed by atoms with Crippen LogP contribution in [0.5, 0.6) is 5.75 Å². The highest BCUT2D eigenvalue weighted by molar-refractivity contribution is 7.12. The molecule has 1 aromatic carbocycles. The van der Waals surface area contributed by atoms with E-state index in [0.717, 1.165) is 0 Å². The van der Waals surface area contributed by atoms with E-state index in [1.165, 1.54) is 11.3 Å². The minimum absolute atomic E-state index is 0.0590. The number of benzene rings is 1. The molecule has 0 saturated carbocycles. The highest BCUT2D eigenvalue weighted by Crippen LogP contribution is 2.40. The second-order valence-electron chi connectivity index (χ2n) is 6.05. The van der Waals surface area contributed by atoms with Gasteiger partial charge in [-0.15, -0.1) is 11.3 Å². The van der Waals surface area contributed by atoms with Crippen LogP contribution in [0.1, 0.15) is 35.0 Å². The molecule has 2 N–H and O–H groups in total. The van der Waals surface area contributed by atoms with Gasteiger partial charge in [0.05, 0.1) is 18.1 Å². The number of thiophene rings is 1. The van der Waals surface area contributed by atoms with Gasteiger partial charge in [-0.2, -0.15) is 5.26 Å². The molecule has 1 atom stereocenters. The molecule has 2 aromatic rings. The molecule has 0 fully saturated rings. The van der Waals surface area contributed by atoms with Crippen LogP contribution >= 0.6 is 11.3 Å². The maximum absolute atomic E-state index is 12.5. The molecule has 7 nitrogen and oxygen atoms in total. The summed E-state index contributed by atoms with van der Waals surface area (Å²) in [7, 11) is 0. The molecule has 0 saturated heterocycles. The van der Waals surface area contributed by atoms with Crippen LogP contribution in [-0.2, 0) is 14.3 Å². The van der Waals surface area contributed by atoms with Gasteiger partial charge in [0.25, 0.3) is 0 Å². The summed E-state index contributed by atoms with van der Waals surface area (Å²) in [4.78, 5) is 25.1. The van der Waals surface area contributed by atoms with Crippen molar-refractivity contribution in [1.29, 1.82) is 5.26 Å². The Morgan fingerprint density at radius 3 is 2.55 bits per heavy atom. The largest absolute Gasteiger partial charge is 0.463 e. The molecule has 2 heterocycles. The number of nitriles is 1. The van der Waals surface area contributed by atoms with Crippen LogP contribution in [0.4, 0.5) is 0 Å². The predicted molar refractivity (Wildman–Crippen MR) is 106 cm³/mol. The van der Waals surface area contributed by atoms with E-state index < -0.39 is 17.9 Å². The van der Waals surface area contributed by atoms with Gasteiger partial charge in [0.15, 0.2) is 0 Å². The Kier molecular flexibility index (Phi) is 6.00. The maximum atomic E-state index is 12.5. The molecule has 0 amide bonds. The topological polar surface area (TPSA) is 112 Å². The van der Waals surface area contributed by atoms with Crippen LogP contribution in [0.25, 0.3) is 0 Å². The van der Waals surface area contributed by atoms with Gasteiger partial charge in [-0.1, -0.05) is 18.2 Å². The summed E-state index contributed by atoms with van der Waals surface area (Å²) in [6.07, 6.45) is 0. The molecule has 3 rings (SSSR count). The lowest BCUT2D eigenvalue weighted by Gasteiger charge is -2.26. The number of ether oxygens (including phenoxy) is 3. The van der Waals surface area contributed by atoms with E-state index in [2.05, 4.69) is 0 Å². The first-order valence-corrected chi connectivity index (χ1v) is 9.65. The molecule has 8 heteroatoms. The van der Waals surface area contributed by atoms with Crippen molar-refractivity contribution in [2.75, 3.05) is 6.61 Å². The van der Waals surface area contributed by atoms with Crippen molar-refractivity contribution in [3.63, 3.8) is 0 Å². The molecule has 148 valence electrons. The molecule has 1 aliphatic rings. The number of allylic oxidation sites excluding steroid dienone is 2. The standard InChI is InChI=1S/C21H18N2O5S/c1-3-26-21(25)17-12(2)27-19(23)15(11-22)18(17)13-6-8-14(9-7-13)28-20(24)16-5-4-10-29-16/h4-10,18H,3,23H2,1-2H3. The Hall–Kier alpha value is -3.57. The summed E-state index contributed by atoms with van der Waals surface area (Å²) in [5.41, 5.74) is 6.81. The van der Waals surface area contributed by atoms with Crippen LogP contribution in [0, 0.1) is 11.3 Å². The number of hydrogen-bond acceptors (Lipinski definition) is 8. The third-order valence-electron chi connectivity index (χ3n) is 4.25. The first kappa shape index (κ1) is 20.2. The highest BCUT2D eigenvalue weighted by Gasteiger charge is 2.36. The van der Waals surface area contributed by atoms with Gasteiger partial charge in [0.1, 0.15) is 28.0 Å². The lowest BCUT2D eigenvalue weighted by Crippen LogP contribution is -2.25. The van der Waals surface area contributed by atoms with E-state index in [9.17, 15) is 14.9 Å². The summed E-state index contributed by atoms with van der Waals surface area (Å²) in [5, 5.41) is 11.4. The second kappa shape index (κ2) is 8.63.